The second-order valence-corrected chi connectivity index (χ2v) is 5.28. The van der Waals surface area contributed by atoms with Crippen molar-refractivity contribution in [1.82, 2.24) is 9.55 Å². The number of carbonyl (C=O) groups excluding carboxylic acids is 1. The van der Waals surface area contributed by atoms with Gasteiger partial charge in [0, 0.05) is 11.6 Å². The Bertz CT molecular complexity index is 588. The Labute approximate surface area is 120 Å². The van der Waals surface area contributed by atoms with Crippen molar-refractivity contribution in [3.05, 3.63) is 30.1 Å². The molecule has 0 aliphatic rings. The van der Waals surface area contributed by atoms with Gasteiger partial charge in [0.05, 0.1) is 17.4 Å². The second-order valence-electron chi connectivity index (χ2n) is 5.28. The van der Waals surface area contributed by atoms with Crippen LogP contribution in [0.2, 0.25) is 0 Å². The molecule has 1 amide bonds. The van der Waals surface area contributed by atoms with Crippen molar-refractivity contribution in [3.63, 3.8) is 0 Å². The lowest BCUT2D eigenvalue weighted by molar-refractivity contribution is 0.100. The Hall–Kier alpha value is -1.84. The number of primary amides is 1. The number of benzene rings is 1. The van der Waals surface area contributed by atoms with Gasteiger partial charge in [-0.1, -0.05) is 33.1 Å². The van der Waals surface area contributed by atoms with Crippen molar-refractivity contribution in [2.24, 2.45) is 5.73 Å². The number of nitrogens with two attached hydrogens (primary N) is 1. The third kappa shape index (κ3) is 3.00. The molecule has 0 saturated heterocycles. The van der Waals surface area contributed by atoms with Crippen LogP contribution in [0.1, 0.15) is 62.4 Å². The van der Waals surface area contributed by atoms with E-state index in [1.54, 1.807) is 6.07 Å². The number of nitrogens with zero attached hydrogens (tertiary/aromatic N) is 2. The first-order valence-corrected chi connectivity index (χ1v) is 7.43. The van der Waals surface area contributed by atoms with E-state index in [1.807, 2.05) is 18.5 Å². The van der Waals surface area contributed by atoms with Gasteiger partial charge in [-0.05, 0) is 31.0 Å². The zero-order chi connectivity index (χ0) is 14.5. The summed E-state index contributed by atoms with van der Waals surface area (Å²) in [5.41, 5.74) is 7.83. The van der Waals surface area contributed by atoms with Gasteiger partial charge in [0.25, 0.3) is 0 Å². The average molecular weight is 273 g/mol. The number of amides is 1. The highest BCUT2D eigenvalue weighted by molar-refractivity contribution is 5.96. The Kier molecular flexibility index (Phi) is 4.77. The summed E-state index contributed by atoms with van der Waals surface area (Å²) in [5, 5.41) is 0. The first-order valence-electron chi connectivity index (χ1n) is 7.43. The number of fused-ring (bicyclic) bond motifs is 1. The summed E-state index contributed by atoms with van der Waals surface area (Å²) in [6, 6.07) is 5.90. The van der Waals surface area contributed by atoms with Gasteiger partial charge in [-0.15, -0.1) is 0 Å². The molecule has 20 heavy (non-hydrogen) atoms. The van der Waals surface area contributed by atoms with Crippen molar-refractivity contribution < 1.29 is 4.79 Å². The molecule has 1 atom stereocenters. The molecule has 1 heterocycles. The van der Waals surface area contributed by atoms with Crippen molar-refractivity contribution in [1.29, 1.82) is 0 Å². The Morgan fingerprint density at radius 3 is 2.80 bits per heavy atom. The van der Waals surface area contributed by atoms with Crippen molar-refractivity contribution in [2.45, 2.75) is 52.0 Å². The molecule has 108 valence electrons. The minimum Gasteiger partial charge on any atom is -0.366 e. The fourth-order valence-electron chi connectivity index (χ4n) is 2.64. The molecule has 4 nitrogen and oxygen atoms in total. The minimum atomic E-state index is -0.390. The maximum atomic E-state index is 11.3. The summed E-state index contributed by atoms with van der Waals surface area (Å²) in [6.45, 7) is 4.41. The molecule has 0 bridgehead atoms. The van der Waals surface area contributed by atoms with Crippen molar-refractivity contribution >= 4 is 16.9 Å². The lowest BCUT2D eigenvalue weighted by atomic mass is 10.1. The Morgan fingerprint density at radius 2 is 2.15 bits per heavy atom. The standard InChI is InChI=1S/C16H23N3O/c1-3-5-6-7-13(4-2)19-11-18-14-9-8-12(16(17)20)10-15(14)19/h8-11,13H,3-7H2,1-2H3,(H2,17,20). The Morgan fingerprint density at radius 1 is 1.35 bits per heavy atom. The molecule has 0 saturated carbocycles. The first-order chi connectivity index (χ1) is 9.67. The van der Waals surface area contributed by atoms with E-state index in [2.05, 4.69) is 23.4 Å². The van der Waals surface area contributed by atoms with E-state index in [4.69, 9.17) is 5.73 Å². The molecule has 2 aromatic rings. The van der Waals surface area contributed by atoms with E-state index in [1.165, 1.54) is 19.3 Å². The molecule has 4 heteroatoms. The molecule has 0 aliphatic heterocycles. The van der Waals surface area contributed by atoms with Gasteiger partial charge in [0.2, 0.25) is 5.91 Å². The van der Waals surface area contributed by atoms with Gasteiger partial charge in [-0.3, -0.25) is 4.79 Å². The van der Waals surface area contributed by atoms with Crippen LogP contribution in [0.3, 0.4) is 0 Å². The third-order valence-corrected chi connectivity index (χ3v) is 3.86. The van der Waals surface area contributed by atoms with E-state index in [-0.39, 0.29) is 0 Å². The quantitative estimate of drug-likeness (QED) is 0.782. The van der Waals surface area contributed by atoms with Crippen molar-refractivity contribution in [2.75, 3.05) is 0 Å². The summed E-state index contributed by atoms with van der Waals surface area (Å²) < 4.78 is 2.19. The van der Waals surface area contributed by atoms with Crippen LogP contribution in [-0.4, -0.2) is 15.5 Å². The van der Waals surface area contributed by atoms with E-state index in [0.29, 0.717) is 11.6 Å². The van der Waals surface area contributed by atoms with Gasteiger partial charge in [0.1, 0.15) is 0 Å². The first kappa shape index (κ1) is 14.6. The maximum Gasteiger partial charge on any atom is 0.248 e. The summed E-state index contributed by atoms with van der Waals surface area (Å²) >= 11 is 0. The predicted molar refractivity (Wildman–Crippen MR) is 81.7 cm³/mol. The topological polar surface area (TPSA) is 60.9 Å². The summed E-state index contributed by atoms with van der Waals surface area (Å²) in [4.78, 5) is 15.7. The molecular weight excluding hydrogens is 250 g/mol. The van der Waals surface area contributed by atoms with E-state index < -0.39 is 5.91 Å². The summed E-state index contributed by atoms with van der Waals surface area (Å²) in [5.74, 6) is -0.390. The average Bonchev–Trinajstić information content (AvgIpc) is 2.86. The normalized spacial score (nSPS) is 12.7. The third-order valence-electron chi connectivity index (χ3n) is 3.86. The number of carbonyl (C=O) groups is 1. The molecule has 1 unspecified atom stereocenters. The molecule has 1 aromatic heterocycles. The highest BCUT2D eigenvalue weighted by atomic mass is 16.1. The Balaban J connectivity index is 2.31. The van der Waals surface area contributed by atoms with Crippen LogP contribution in [0.5, 0.6) is 0 Å². The van der Waals surface area contributed by atoms with Crippen LogP contribution in [0.25, 0.3) is 11.0 Å². The molecule has 0 aliphatic carbocycles. The number of rotatable bonds is 7. The van der Waals surface area contributed by atoms with Crippen LogP contribution >= 0.6 is 0 Å². The van der Waals surface area contributed by atoms with Crippen LogP contribution < -0.4 is 5.73 Å². The fraction of sp³-hybridized carbons (Fsp3) is 0.500. The number of hydrogen-bond acceptors (Lipinski definition) is 2. The lowest BCUT2D eigenvalue weighted by Gasteiger charge is -2.17. The van der Waals surface area contributed by atoms with E-state index >= 15 is 0 Å². The molecule has 1 aromatic carbocycles. The largest absolute Gasteiger partial charge is 0.366 e. The van der Waals surface area contributed by atoms with E-state index in [0.717, 1.165) is 23.9 Å². The monoisotopic (exact) mass is 273 g/mol. The number of unbranched alkanes of at least 4 members (excludes halogenated alkanes) is 2. The second kappa shape index (κ2) is 6.55. The van der Waals surface area contributed by atoms with Crippen LogP contribution in [0.4, 0.5) is 0 Å². The van der Waals surface area contributed by atoms with Gasteiger partial charge in [-0.25, -0.2) is 4.98 Å². The fourth-order valence-corrected chi connectivity index (χ4v) is 2.64. The molecule has 0 spiro atoms. The van der Waals surface area contributed by atoms with Crippen LogP contribution in [-0.2, 0) is 0 Å². The zero-order valence-corrected chi connectivity index (χ0v) is 12.3. The molecule has 0 fully saturated rings. The lowest BCUT2D eigenvalue weighted by Crippen LogP contribution is -2.11. The van der Waals surface area contributed by atoms with Crippen LogP contribution in [0.15, 0.2) is 24.5 Å². The predicted octanol–water partition coefficient (Wildman–Crippen LogP) is 3.67. The minimum absolute atomic E-state index is 0.390. The molecule has 2 rings (SSSR count). The number of imidazole rings is 1. The summed E-state index contributed by atoms with van der Waals surface area (Å²) in [7, 11) is 0. The molecular formula is C16H23N3O. The molecule has 0 radical (unpaired) electrons. The smallest absolute Gasteiger partial charge is 0.248 e. The number of hydrogen-bond donors (Lipinski definition) is 1. The van der Waals surface area contributed by atoms with E-state index in [9.17, 15) is 4.79 Å². The highest BCUT2D eigenvalue weighted by Crippen LogP contribution is 2.25. The van der Waals surface area contributed by atoms with Gasteiger partial charge < -0.3 is 10.3 Å². The summed E-state index contributed by atoms with van der Waals surface area (Å²) in [6.07, 6.45) is 7.81. The van der Waals surface area contributed by atoms with Crippen LogP contribution in [0, 0.1) is 0 Å². The highest BCUT2D eigenvalue weighted by Gasteiger charge is 2.13. The van der Waals surface area contributed by atoms with Gasteiger partial charge in [-0.2, -0.15) is 0 Å². The van der Waals surface area contributed by atoms with Gasteiger partial charge in [0.15, 0.2) is 0 Å². The zero-order valence-electron chi connectivity index (χ0n) is 12.3. The molecule has 2 N–H and O–H groups in total. The SMILES string of the molecule is CCCCCC(CC)n1cnc2ccc(C(N)=O)cc21. The van der Waals surface area contributed by atoms with Crippen molar-refractivity contribution in [3.8, 4) is 0 Å². The number of aromatic nitrogens is 2. The maximum absolute atomic E-state index is 11.3. The van der Waals surface area contributed by atoms with Gasteiger partial charge >= 0.3 is 0 Å².